The lowest BCUT2D eigenvalue weighted by molar-refractivity contribution is -0.134. The minimum absolute atomic E-state index is 0.0263. The molecule has 0 aliphatic heterocycles. The first-order chi connectivity index (χ1) is 15.3. The Bertz CT molecular complexity index is 1070. The second-order valence-electron chi connectivity index (χ2n) is 7.09. The summed E-state index contributed by atoms with van der Waals surface area (Å²) in [6, 6.07) is 27.4. The highest BCUT2D eigenvalue weighted by molar-refractivity contribution is 5.77. The SMILES string of the molecule is O=C(COc1ccc(-c2nnco2)cc1)N(CCc1ccccc1)Cc1ccccc1. The van der Waals surface area contributed by atoms with Gasteiger partial charge in [0.25, 0.3) is 5.91 Å². The van der Waals surface area contributed by atoms with E-state index in [2.05, 4.69) is 22.3 Å². The van der Waals surface area contributed by atoms with Gasteiger partial charge in [0.2, 0.25) is 12.3 Å². The van der Waals surface area contributed by atoms with Crippen LogP contribution in [0, 0.1) is 0 Å². The van der Waals surface area contributed by atoms with Crippen molar-refractivity contribution < 1.29 is 13.9 Å². The van der Waals surface area contributed by atoms with Crippen molar-refractivity contribution in [2.45, 2.75) is 13.0 Å². The summed E-state index contributed by atoms with van der Waals surface area (Å²) in [6.07, 6.45) is 2.08. The molecular formula is C25H23N3O3. The highest BCUT2D eigenvalue weighted by atomic mass is 16.5. The van der Waals surface area contributed by atoms with Gasteiger partial charge < -0.3 is 14.1 Å². The van der Waals surface area contributed by atoms with Gasteiger partial charge in [-0.25, -0.2) is 0 Å². The van der Waals surface area contributed by atoms with Gasteiger partial charge >= 0.3 is 0 Å². The summed E-state index contributed by atoms with van der Waals surface area (Å²) in [5, 5.41) is 7.56. The van der Waals surface area contributed by atoms with Gasteiger partial charge in [0.15, 0.2) is 6.61 Å². The lowest BCUT2D eigenvalue weighted by atomic mass is 10.1. The van der Waals surface area contributed by atoms with Crippen LogP contribution in [0.2, 0.25) is 0 Å². The van der Waals surface area contributed by atoms with Gasteiger partial charge in [-0.1, -0.05) is 60.7 Å². The van der Waals surface area contributed by atoms with E-state index in [9.17, 15) is 4.79 Å². The van der Waals surface area contributed by atoms with Gasteiger partial charge in [0, 0.05) is 18.7 Å². The third kappa shape index (κ3) is 5.79. The average molecular weight is 413 g/mol. The second kappa shape index (κ2) is 10.2. The predicted molar refractivity (Wildman–Crippen MR) is 117 cm³/mol. The molecule has 0 aliphatic rings. The first-order valence-corrected chi connectivity index (χ1v) is 10.1. The van der Waals surface area contributed by atoms with E-state index >= 15 is 0 Å². The van der Waals surface area contributed by atoms with Crippen LogP contribution in [-0.4, -0.2) is 34.2 Å². The molecule has 6 nitrogen and oxygen atoms in total. The summed E-state index contributed by atoms with van der Waals surface area (Å²) in [4.78, 5) is 14.8. The summed E-state index contributed by atoms with van der Waals surface area (Å²) in [5.74, 6) is 0.998. The largest absolute Gasteiger partial charge is 0.484 e. The topological polar surface area (TPSA) is 68.5 Å². The van der Waals surface area contributed by atoms with Crippen molar-refractivity contribution in [1.29, 1.82) is 0 Å². The van der Waals surface area contributed by atoms with Crippen LogP contribution >= 0.6 is 0 Å². The molecule has 31 heavy (non-hydrogen) atoms. The maximum absolute atomic E-state index is 13.0. The number of rotatable bonds is 9. The zero-order valence-corrected chi connectivity index (χ0v) is 17.1. The fourth-order valence-corrected chi connectivity index (χ4v) is 3.23. The maximum atomic E-state index is 13.0. The van der Waals surface area contributed by atoms with Crippen LogP contribution in [0.25, 0.3) is 11.5 Å². The summed E-state index contributed by atoms with van der Waals surface area (Å²) in [6.45, 7) is 1.14. The molecule has 0 spiro atoms. The summed E-state index contributed by atoms with van der Waals surface area (Å²) in [7, 11) is 0. The van der Waals surface area contributed by atoms with Crippen molar-refractivity contribution in [2.24, 2.45) is 0 Å². The van der Waals surface area contributed by atoms with E-state index in [1.165, 1.54) is 12.0 Å². The van der Waals surface area contributed by atoms with E-state index in [0.29, 0.717) is 24.7 Å². The molecule has 1 heterocycles. The number of ether oxygens (including phenoxy) is 1. The Labute approximate surface area is 181 Å². The van der Waals surface area contributed by atoms with Crippen molar-refractivity contribution in [1.82, 2.24) is 15.1 Å². The number of nitrogens with zero attached hydrogens (tertiary/aromatic N) is 3. The standard InChI is InChI=1S/C25H23N3O3/c29-24(18-30-23-13-11-22(12-14-23)25-27-26-19-31-25)28(17-21-9-5-2-6-10-21)16-15-20-7-3-1-4-8-20/h1-14,19H,15-18H2. The van der Waals surface area contributed by atoms with Crippen LogP contribution in [-0.2, 0) is 17.8 Å². The number of carbonyl (C=O) groups is 1. The minimum atomic E-state index is -0.0549. The van der Waals surface area contributed by atoms with Crippen LogP contribution in [0.1, 0.15) is 11.1 Å². The number of hydrogen-bond acceptors (Lipinski definition) is 5. The minimum Gasteiger partial charge on any atom is -0.484 e. The molecule has 1 amide bonds. The van der Waals surface area contributed by atoms with Gasteiger partial charge in [0.1, 0.15) is 5.75 Å². The molecule has 1 aromatic heterocycles. The normalized spacial score (nSPS) is 10.6. The summed E-state index contributed by atoms with van der Waals surface area (Å²) >= 11 is 0. The van der Waals surface area contributed by atoms with Crippen LogP contribution < -0.4 is 4.74 Å². The fraction of sp³-hybridized carbons (Fsp3) is 0.160. The lowest BCUT2D eigenvalue weighted by Crippen LogP contribution is -2.36. The van der Waals surface area contributed by atoms with E-state index in [-0.39, 0.29) is 12.5 Å². The Morgan fingerprint density at radius 1 is 0.871 bits per heavy atom. The van der Waals surface area contributed by atoms with E-state index in [0.717, 1.165) is 17.5 Å². The van der Waals surface area contributed by atoms with Crippen molar-refractivity contribution in [3.8, 4) is 17.2 Å². The molecule has 4 aromatic rings. The monoisotopic (exact) mass is 413 g/mol. The van der Waals surface area contributed by atoms with Crippen LogP contribution in [0.3, 0.4) is 0 Å². The van der Waals surface area contributed by atoms with Gasteiger partial charge in [-0.3, -0.25) is 4.79 Å². The first kappa shape index (κ1) is 20.3. The van der Waals surface area contributed by atoms with Gasteiger partial charge in [0.05, 0.1) is 0 Å². The molecule has 0 fully saturated rings. The second-order valence-corrected chi connectivity index (χ2v) is 7.09. The number of carbonyl (C=O) groups excluding carboxylic acids is 1. The molecule has 0 atom stereocenters. The number of benzene rings is 3. The molecule has 0 bridgehead atoms. The van der Waals surface area contributed by atoms with E-state index in [1.807, 2.05) is 65.6 Å². The summed E-state index contributed by atoms with van der Waals surface area (Å²) < 4.78 is 10.9. The molecular weight excluding hydrogens is 390 g/mol. The predicted octanol–water partition coefficient (Wildman–Crippen LogP) is 4.39. The molecule has 6 heteroatoms. The molecule has 4 rings (SSSR count). The highest BCUT2D eigenvalue weighted by Gasteiger charge is 2.15. The third-order valence-corrected chi connectivity index (χ3v) is 4.91. The number of amides is 1. The Balaban J connectivity index is 1.38. The van der Waals surface area contributed by atoms with Crippen molar-refractivity contribution in [3.05, 3.63) is 102 Å². The molecule has 3 aromatic carbocycles. The van der Waals surface area contributed by atoms with Gasteiger partial charge in [-0.15, -0.1) is 10.2 Å². The van der Waals surface area contributed by atoms with Crippen molar-refractivity contribution in [3.63, 3.8) is 0 Å². The zero-order chi connectivity index (χ0) is 21.3. The van der Waals surface area contributed by atoms with Crippen molar-refractivity contribution in [2.75, 3.05) is 13.2 Å². The molecule has 0 N–H and O–H groups in total. The lowest BCUT2D eigenvalue weighted by Gasteiger charge is -2.23. The maximum Gasteiger partial charge on any atom is 0.260 e. The highest BCUT2D eigenvalue weighted by Crippen LogP contribution is 2.20. The zero-order valence-electron chi connectivity index (χ0n) is 17.1. The molecule has 0 unspecified atom stereocenters. The Morgan fingerprint density at radius 3 is 2.19 bits per heavy atom. The molecule has 0 aliphatic carbocycles. The Morgan fingerprint density at radius 2 is 1.55 bits per heavy atom. The van der Waals surface area contributed by atoms with Crippen LogP contribution in [0.5, 0.6) is 5.75 Å². The summed E-state index contributed by atoms with van der Waals surface area (Å²) in [5.41, 5.74) is 3.09. The fourth-order valence-electron chi connectivity index (χ4n) is 3.23. The quantitative estimate of drug-likeness (QED) is 0.407. The molecule has 0 radical (unpaired) electrons. The smallest absolute Gasteiger partial charge is 0.260 e. The van der Waals surface area contributed by atoms with Gasteiger partial charge in [-0.05, 0) is 41.8 Å². The first-order valence-electron chi connectivity index (χ1n) is 10.1. The van der Waals surface area contributed by atoms with Gasteiger partial charge in [-0.2, -0.15) is 0 Å². The van der Waals surface area contributed by atoms with E-state index in [4.69, 9.17) is 9.15 Å². The number of aromatic nitrogens is 2. The van der Waals surface area contributed by atoms with E-state index in [1.54, 1.807) is 12.1 Å². The molecule has 156 valence electrons. The van der Waals surface area contributed by atoms with E-state index < -0.39 is 0 Å². The molecule has 0 saturated heterocycles. The Kier molecular flexibility index (Phi) is 6.70. The number of hydrogen-bond donors (Lipinski definition) is 0. The van der Waals surface area contributed by atoms with Crippen LogP contribution in [0.4, 0.5) is 0 Å². The molecule has 0 saturated carbocycles. The third-order valence-electron chi connectivity index (χ3n) is 4.91. The van der Waals surface area contributed by atoms with Crippen molar-refractivity contribution >= 4 is 5.91 Å². The average Bonchev–Trinajstić information content (AvgIpc) is 3.37. The van der Waals surface area contributed by atoms with Crippen LogP contribution in [0.15, 0.2) is 95.7 Å². The Hall–Kier alpha value is -3.93.